The first-order chi connectivity index (χ1) is 16.3. The Hall–Kier alpha value is -2.45. The third-order valence-corrected chi connectivity index (χ3v) is 8.42. The van der Waals surface area contributed by atoms with Crippen LogP contribution >= 0.6 is 23.2 Å². The highest BCUT2D eigenvalue weighted by Crippen LogP contribution is 2.26. The molecule has 1 saturated heterocycles. The van der Waals surface area contributed by atoms with Crippen molar-refractivity contribution in [1.82, 2.24) is 9.29 Å². The minimum atomic E-state index is -3.59. The average Bonchev–Trinajstić information content (AvgIpc) is 2.83. The minimum absolute atomic E-state index is 0.162. The molecule has 1 atom stereocenters. The van der Waals surface area contributed by atoms with E-state index in [0.717, 1.165) is 17.5 Å². The first kappa shape index (κ1) is 24.7. The Morgan fingerprint density at radius 3 is 2.35 bits per heavy atom. The SMILES string of the molecule is O=C(Nc1ccc(Cc2ccncc2)cc1)C1CCCN(S(=O)(=O)Cc2ccc(Cl)c(Cl)c2)C1. The highest BCUT2D eigenvalue weighted by molar-refractivity contribution is 7.88. The van der Waals surface area contributed by atoms with Gasteiger partial charge in [0.2, 0.25) is 15.9 Å². The molecule has 9 heteroatoms. The maximum atomic E-state index is 13.0. The number of carbonyl (C=O) groups excluding carboxylic acids is 1. The number of hydrogen-bond acceptors (Lipinski definition) is 4. The lowest BCUT2D eigenvalue weighted by Crippen LogP contribution is -2.44. The molecule has 1 N–H and O–H groups in total. The van der Waals surface area contributed by atoms with Crippen LogP contribution in [-0.4, -0.2) is 36.7 Å². The van der Waals surface area contributed by atoms with E-state index in [4.69, 9.17) is 23.2 Å². The van der Waals surface area contributed by atoms with E-state index in [9.17, 15) is 13.2 Å². The Kier molecular flexibility index (Phi) is 7.88. The number of aromatic nitrogens is 1. The molecule has 0 bridgehead atoms. The lowest BCUT2D eigenvalue weighted by Gasteiger charge is -2.31. The smallest absolute Gasteiger partial charge is 0.228 e. The second-order valence-electron chi connectivity index (χ2n) is 8.42. The largest absolute Gasteiger partial charge is 0.326 e. The predicted octanol–water partition coefficient (Wildman–Crippen LogP) is 5.16. The average molecular weight is 518 g/mol. The standard InChI is InChI=1S/C25H25Cl2N3O3S/c26-23-8-5-20(15-24(23)27)17-34(32,33)30-13-1-2-21(16-30)25(31)29-22-6-3-18(4-7-22)14-19-9-11-28-12-10-19/h3-12,15,21H,1-2,13-14,16-17H2,(H,29,31). The summed E-state index contributed by atoms with van der Waals surface area (Å²) in [5.41, 5.74) is 3.55. The van der Waals surface area contributed by atoms with Crippen LogP contribution in [0.15, 0.2) is 67.0 Å². The van der Waals surface area contributed by atoms with Crippen molar-refractivity contribution in [3.63, 3.8) is 0 Å². The van der Waals surface area contributed by atoms with Crippen LogP contribution < -0.4 is 5.32 Å². The molecule has 1 aromatic heterocycles. The first-order valence-electron chi connectivity index (χ1n) is 11.0. The van der Waals surface area contributed by atoms with Crippen molar-refractivity contribution in [3.05, 3.63) is 93.7 Å². The molecular formula is C25H25Cl2N3O3S. The zero-order valence-electron chi connectivity index (χ0n) is 18.5. The molecule has 0 saturated carbocycles. The first-order valence-corrected chi connectivity index (χ1v) is 13.4. The number of sulfonamides is 1. The van der Waals surface area contributed by atoms with E-state index in [1.54, 1.807) is 30.6 Å². The molecule has 34 heavy (non-hydrogen) atoms. The molecule has 1 aliphatic rings. The summed E-state index contributed by atoms with van der Waals surface area (Å²) in [4.78, 5) is 16.9. The summed E-state index contributed by atoms with van der Waals surface area (Å²) in [6.45, 7) is 0.562. The molecule has 0 spiro atoms. The van der Waals surface area contributed by atoms with Crippen LogP contribution in [-0.2, 0) is 27.0 Å². The van der Waals surface area contributed by atoms with Crippen molar-refractivity contribution >= 4 is 44.8 Å². The highest BCUT2D eigenvalue weighted by atomic mass is 35.5. The number of hydrogen-bond donors (Lipinski definition) is 1. The van der Waals surface area contributed by atoms with Gasteiger partial charge in [-0.1, -0.05) is 41.4 Å². The van der Waals surface area contributed by atoms with Crippen LogP contribution in [0.2, 0.25) is 10.0 Å². The van der Waals surface area contributed by atoms with Gasteiger partial charge in [0.1, 0.15) is 0 Å². The Balaban J connectivity index is 1.36. The second-order valence-corrected chi connectivity index (χ2v) is 11.2. The second kappa shape index (κ2) is 10.9. The Bertz CT molecular complexity index is 1250. The van der Waals surface area contributed by atoms with Crippen molar-refractivity contribution in [2.45, 2.75) is 25.0 Å². The van der Waals surface area contributed by atoms with Crippen molar-refractivity contribution in [2.75, 3.05) is 18.4 Å². The van der Waals surface area contributed by atoms with Crippen LogP contribution in [0.4, 0.5) is 5.69 Å². The maximum absolute atomic E-state index is 13.0. The Labute approximate surface area is 210 Å². The number of benzene rings is 2. The van der Waals surface area contributed by atoms with E-state index in [2.05, 4.69) is 10.3 Å². The molecule has 0 aliphatic carbocycles. The number of piperidine rings is 1. The normalized spacial score (nSPS) is 16.8. The van der Waals surface area contributed by atoms with Crippen LogP contribution in [0.5, 0.6) is 0 Å². The molecular weight excluding hydrogens is 493 g/mol. The number of nitrogens with zero attached hydrogens (tertiary/aromatic N) is 2. The molecule has 1 amide bonds. The summed E-state index contributed by atoms with van der Waals surface area (Å²) < 4.78 is 27.4. The topological polar surface area (TPSA) is 79.4 Å². The summed E-state index contributed by atoms with van der Waals surface area (Å²) in [7, 11) is -3.59. The number of amides is 1. The Morgan fingerprint density at radius 2 is 1.65 bits per heavy atom. The quantitative estimate of drug-likeness (QED) is 0.469. The van der Waals surface area contributed by atoms with E-state index in [0.29, 0.717) is 40.7 Å². The number of pyridine rings is 1. The van der Waals surface area contributed by atoms with Crippen molar-refractivity contribution < 1.29 is 13.2 Å². The van der Waals surface area contributed by atoms with Crippen LogP contribution in [0.1, 0.15) is 29.5 Å². The maximum Gasteiger partial charge on any atom is 0.228 e. The van der Waals surface area contributed by atoms with Gasteiger partial charge in [-0.25, -0.2) is 12.7 Å². The molecule has 4 rings (SSSR count). The number of nitrogens with one attached hydrogen (secondary N) is 1. The van der Waals surface area contributed by atoms with Crippen molar-refractivity contribution in [2.24, 2.45) is 5.92 Å². The number of halogens is 2. The van der Waals surface area contributed by atoms with Gasteiger partial charge in [0.25, 0.3) is 0 Å². The van der Waals surface area contributed by atoms with Gasteiger partial charge < -0.3 is 5.32 Å². The van der Waals surface area contributed by atoms with Gasteiger partial charge in [0, 0.05) is 31.2 Å². The van der Waals surface area contributed by atoms with E-state index < -0.39 is 15.9 Å². The molecule has 1 fully saturated rings. The van der Waals surface area contributed by atoms with Crippen LogP contribution in [0, 0.1) is 5.92 Å². The Morgan fingerprint density at radius 1 is 0.971 bits per heavy atom. The summed E-state index contributed by atoms with van der Waals surface area (Å²) in [5, 5.41) is 3.63. The van der Waals surface area contributed by atoms with Crippen LogP contribution in [0.3, 0.4) is 0 Å². The molecule has 1 unspecified atom stereocenters. The molecule has 0 radical (unpaired) electrons. The van der Waals surface area contributed by atoms with Gasteiger partial charge in [-0.3, -0.25) is 9.78 Å². The molecule has 2 aromatic carbocycles. The van der Waals surface area contributed by atoms with E-state index in [1.165, 1.54) is 4.31 Å². The monoisotopic (exact) mass is 517 g/mol. The van der Waals surface area contributed by atoms with Gasteiger partial charge in [-0.2, -0.15) is 0 Å². The van der Waals surface area contributed by atoms with Gasteiger partial charge >= 0.3 is 0 Å². The lowest BCUT2D eigenvalue weighted by atomic mass is 9.98. The molecule has 3 aromatic rings. The van der Waals surface area contributed by atoms with Crippen LogP contribution in [0.25, 0.3) is 0 Å². The lowest BCUT2D eigenvalue weighted by molar-refractivity contribution is -0.120. The summed E-state index contributed by atoms with van der Waals surface area (Å²) in [6, 6.07) is 16.4. The summed E-state index contributed by atoms with van der Waals surface area (Å²) in [5.74, 6) is -0.762. The number of rotatable bonds is 7. The minimum Gasteiger partial charge on any atom is -0.326 e. The number of anilines is 1. The van der Waals surface area contributed by atoms with Gasteiger partial charge in [-0.05, 0) is 72.4 Å². The van der Waals surface area contributed by atoms with Crippen molar-refractivity contribution in [3.8, 4) is 0 Å². The van der Waals surface area contributed by atoms with E-state index in [-0.39, 0.29) is 18.2 Å². The van der Waals surface area contributed by atoms with E-state index in [1.807, 2.05) is 36.4 Å². The fourth-order valence-corrected chi connectivity index (χ4v) is 5.95. The fourth-order valence-electron chi connectivity index (χ4n) is 4.03. The molecule has 6 nitrogen and oxygen atoms in total. The van der Waals surface area contributed by atoms with E-state index >= 15 is 0 Å². The third-order valence-electron chi connectivity index (χ3n) is 5.86. The number of carbonyl (C=O) groups is 1. The zero-order valence-corrected chi connectivity index (χ0v) is 20.8. The third kappa shape index (κ3) is 6.36. The fraction of sp³-hybridized carbons (Fsp3) is 0.280. The zero-order chi connectivity index (χ0) is 24.1. The predicted molar refractivity (Wildman–Crippen MR) is 135 cm³/mol. The summed E-state index contributed by atoms with van der Waals surface area (Å²) >= 11 is 12.0. The highest BCUT2D eigenvalue weighted by Gasteiger charge is 2.32. The molecule has 1 aliphatic heterocycles. The van der Waals surface area contributed by atoms with Crippen molar-refractivity contribution in [1.29, 1.82) is 0 Å². The van der Waals surface area contributed by atoms with Gasteiger partial charge in [-0.15, -0.1) is 0 Å². The van der Waals surface area contributed by atoms with Gasteiger partial charge in [0.05, 0.1) is 21.7 Å². The summed E-state index contributed by atoms with van der Waals surface area (Å²) in [6.07, 6.45) is 5.59. The molecule has 2 heterocycles. The van der Waals surface area contributed by atoms with Gasteiger partial charge in [0.15, 0.2) is 0 Å². The molecule has 178 valence electrons.